The van der Waals surface area contributed by atoms with E-state index in [1.165, 1.54) is 0 Å². The van der Waals surface area contributed by atoms with Gasteiger partial charge >= 0.3 is 6.18 Å². The highest BCUT2D eigenvalue weighted by atomic mass is 19.4. The average molecular weight is 246 g/mol. The van der Waals surface area contributed by atoms with Crippen molar-refractivity contribution in [2.45, 2.75) is 12.6 Å². The molecule has 0 unspecified atom stereocenters. The van der Waals surface area contributed by atoms with Gasteiger partial charge in [0.15, 0.2) is 0 Å². The first-order valence-corrected chi connectivity index (χ1v) is 4.48. The van der Waals surface area contributed by atoms with Crippen LogP contribution in [0.25, 0.3) is 0 Å². The number of nitro benzene ring substituents is 1. The van der Waals surface area contributed by atoms with E-state index in [0.29, 0.717) is 0 Å². The van der Waals surface area contributed by atoms with Gasteiger partial charge in [-0.15, -0.1) is 0 Å². The second kappa shape index (κ2) is 3.44. The lowest BCUT2D eigenvalue weighted by Crippen LogP contribution is -2.12. The fraction of sp³-hybridized carbons (Fsp3) is 0.222. The van der Waals surface area contributed by atoms with Crippen molar-refractivity contribution in [2.24, 2.45) is 0 Å². The van der Waals surface area contributed by atoms with Crippen molar-refractivity contribution in [3.05, 3.63) is 33.4 Å². The van der Waals surface area contributed by atoms with Crippen LogP contribution < -0.4 is 5.32 Å². The van der Waals surface area contributed by atoms with Crippen molar-refractivity contribution in [1.82, 2.24) is 0 Å². The van der Waals surface area contributed by atoms with Crippen LogP contribution in [0.3, 0.4) is 0 Å². The van der Waals surface area contributed by atoms with Gasteiger partial charge in [0.05, 0.1) is 11.3 Å². The minimum Gasteiger partial charge on any atom is -0.326 e. The normalized spacial score (nSPS) is 14.4. The van der Waals surface area contributed by atoms with Gasteiger partial charge in [0.1, 0.15) is 5.56 Å². The topological polar surface area (TPSA) is 72.2 Å². The lowest BCUT2D eigenvalue weighted by atomic mass is 10.0. The van der Waals surface area contributed by atoms with E-state index < -0.39 is 34.7 Å². The first-order valence-electron chi connectivity index (χ1n) is 4.48. The third-order valence-corrected chi connectivity index (χ3v) is 2.38. The molecular weight excluding hydrogens is 241 g/mol. The summed E-state index contributed by atoms with van der Waals surface area (Å²) in [4.78, 5) is 20.5. The summed E-state index contributed by atoms with van der Waals surface area (Å²) < 4.78 is 38.2. The number of hydrogen-bond donors (Lipinski definition) is 1. The molecule has 1 heterocycles. The summed E-state index contributed by atoms with van der Waals surface area (Å²) >= 11 is 0. The number of fused-ring (bicyclic) bond motifs is 1. The highest BCUT2D eigenvalue weighted by molar-refractivity contribution is 6.00. The zero-order chi connectivity index (χ0) is 12.8. The van der Waals surface area contributed by atoms with Gasteiger partial charge in [0, 0.05) is 17.3 Å². The second-order valence-corrected chi connectivity index (χ2v) is 3.47. The van der Waals surface area contributed by atoms with Gasteiger partial charge in [0.25, 0.3) is 5.69 Å². The van der Waals surface area contributed by atoms with E-state index in [1.54, 1.807) is 0 Å². The summed E-state index contributed by atoms with van der Waals surface area (Å²) in [5.74, 6) is -0.606. The first kappa shape index (κ1) is 11.4. The highest BCUT2D eigenvalue weighted by Gasteiger charge is 2.43. The van der Waals surface area contributed by atoms with Crippen LogP contribution in [0.15, 0.2) is 12.1 Å². The Labute approximate surface area is 92.4 Å². The molecule has 1 aromatic rings. The number of halogens is 3. The molecule has 1 aromatic carbocycles. The van der Waals surface area contributed by atoms with Crippen molar-refractivity contribution in [1.29, 1.82) is 0 Å². The fourth-order valence-electron chi connectivity index (χ4n) is 1.76. The molecule has 0 radical (unpaired) electrons. The van der Waals surface area contributed by atoms with E-state index in [4.69, 9.17) is 0 Å². The van der Waals surface area contributed by atoms with E-state index in [-0.39, 0.29) is 11.3 Å². The number of amides is 1. The zero-order valence-corrected chi connectivity index (χ0v) is 8.17. The standard InChI is InChI=1S/C9H5F3N2O3/c10-9(11,12)8-4-3-7(15)13-5(4)1-2-6(8)14(16)17/h1-2H,3H2,(H,13,15). The van der Waals surface area contributed by atoms with Gasteiger partial charge in [-0.1, -0.05) is 0 Å². The van der Waals surface area contributed by atoms with E-state index in [9.17, 15) is 28.1 Å². The monoisotopic (exact) mass is 246 g/mol. The summed E-state index contributed by atoms with van der Waals surface area (Å²) in [6.45, 7) is 0. The summed E-state index contributed by atoms with van der Waals surface area (Å²) in [5, 5.41) is 12.8. The maximum atomic E-state index is 12.7. The molecule has 17 heavy (non-hydrogen) atoms. The van der Waals surface area contributed by atoms with Gasteiger partial charge in [-0.2, -0.15) is 13.2 Å². The number of nitrogens with zero attached hydrogens (tertiary/aromatic N) is 1. The first-order chi connectivity index (χ1) is 7.80. The Morgan fingerprint density at radius 3 is 2.53 bits per heavy atom. The number of hydrogen-bond acceptors (Lipinski definition) is 3. The Hall–Kier alpha value is -2.12. The smallest absolute Gasteiger partial charge is 0.326 e. The van der Waals surface area contributed by atoms with Crippen LogP contribution in [0, 0.1) is 10.1 Å². The number of alkyl halides is 3. The molecule has 1 aliphatic rings. The molecule has 0 aliphatic carbocycles. The summed E-state index contributed by atoms with van der Waals surface area (Å²) in [7, 11) is 0. The molecule has 1 aliphatic heterocycles. The van der Waals surface area contributed by atoms with Crippen molar-refractivity contribution in [3.63, 3.8) is 0 Å². The second-order valence-electron chi connectivity index (χ2n) is 3.47. The van der Waals surface area contributed by atoms with Crippen LogP contribution >= 0.6 is 0 Å². The van der Waals surface area contributed by atoms with Crippen LogP contribution in [0.4, 0.5) is 24.5 Å². The lowest BCUT2D eigenvalue weighted by Gasteiger charge is -2.11. The van der Waals surface area contributed by atoms with Crippen LogP contribution in [0.1, 0.15) is 11.1 Å². The Bertz CT molecular complexity index is 525. The fourth-order valence-corrected chi connectivity index (χ4v) is 1.76. The van der Waals surface area contributed by atoms with Gasteiger partial charge in [0.2, 0.25) is 5.91 Å². The molecular formula is C9H5F3N2O3. The van der Waals surface area contributed by atoms with Crippen LogP contribution in [-0.4, -0.2) is 10.8 Å². The maximum Gasteiger partial charge on any atom is 0.423 e. The summed E-state index contributed by atoms with van der Waals surface area (Å²) in [6.07, 6.45) is -5.36. The Morgan fingerprint density at radius 2 is 2.00 bits per heavy atom. The molecule has 0 aromatic heterocycles. The van der Waals surface area contributed by atoms with E-state index in [0.717, 1.165) is 12.1 Å². The van der Waals surface area contributed by atoms with Crippen molar-refractivity contribution < 1.29 is 22.9 Å². The Kier molecular flexibility index (Phi) is 2.30. The molecule has 1 N–H and O–H groups in total. The molecule has 0 spiro atoms. The average Bonchev–Trinajstić information content (AvgIpc) is 2.53. The molecule has 0 atom stereocenters. The summed E-state index contributed by atoms with van der Waals surface area (Å²) in [6, 6.07) is 1.85. The number of carbonyl (C=O) groups is 1. The third-order valence-electron chi connectivity index (χ3n) is 2.38. The molecule has 0 saturated carbocycles. The molecule has 0 saturated heterocycles. The maximum absolute atomic E-state index is 12.7. The van der Waals surface area contributed by atoms with Crippen molar-refractivity contribution >= 4 is 17.3 Å². The van der Waals surface area contributed by atoms with E-state index in [1.807, 2.05) is 0 Å². The van der Waals surface area contributed by atoms with Crippen LogP contribution in [-0.2, 0) is 17.4 Å². The van der Waals surface area contributed by atoms with Gasteiger partial charge < -0.3 is 5.32 Å². The van der Waals surface area contributed by atoms with E-state index in [2.05, 4.69) is 5.32 Å². The Balaban J connectivity index is 2.72. The molecule has 90 valence electrons. The molecule has 8 heteroatoms. The Morgan fingerprint density at radius 1 is 1.35 bits per heavy atom. The molecule has 1 amide bonds. The number of carbonyl (C=O) groups excluding carboxylic acids is 1. The number of rotatable bonds is 1. The SMILES string of the molecule is O=C1Cc2c(ccc([N+](=O)[O-])c2C(F)(F)F)N1. The van der Waals surface area contributed by atoms with Crippen LogP contribution in [0.2, 0.25) is 0 Å². The van der Waals surface area contributed by atoms with Gasteiger partial charge in [-0.25, -0.2) is 0 Å². The predicted octanol–water partition coefficient (Wildman–Crippen LogP) is 2.11. The number of nitro groups is 1. The summed E-state index contributed by atoms with van der Waals surface area (Å²) in [5.41, 5.74) is -2.77. The van der Waals surface area contributed by atoms with Gasteiger partial charge in [-0.3, -0.25) is 14.9 Å². The largest absolute Gasteiger partial charge is 0.423 e. The number of benzene rings is 1. The van der Waals surface area contributed by atoms with Gasteiger partial charge in [-0.05, 0) is 6.07 Å². The third kappa shape index (κ3) is 1.81. The van der Waals surface area contributed by atoms with Crippen molar-refractivity contribution in [2.75, 3.05) is 5.32 Å². The van der Waals surface area contributed by atoms with E-state index >= 15 is 0 Å². The predicted molar refractivity (Wildman–Crippen MR) is 50.4 cm³/mol. The van der Waals surface area contributed by atoms with Crippen LogP contribution in [0.5, 0.6) is 0 Å². The highest BCUT2D eigenvalue weighted by Crippen LogP contribution is 2.43. The molecule has 0 bridgehead atoms. The molecule has 2 rings (SSSR count). The minimum absolute atomic E-state index is 0.0204. The lowest BCUT2D eigenvalue weighted by molar-refractivity contribution is -0.388. The molecule has 0 fully saturated rings. The quantitative estimate of drug-likeness (QED) is 0.609. The minimum atomic E-state index is -4.86. The number of anilines is 1. The van der Waals surface area contributed by atoms with Crippen molar-refractivity contribution in [3.8, 4) is 0 Å². The molecule has 5 nitrogen and oxygen atoms in total. The zero-order valence-electron chi connectivity index (χ0n) is 8.17. The number of nitrogens with one attached hydrogen (secondary N) is 1.